The second kappa shape index (κ2) is 11.4. The number of benzene rings is 2. The molecule has 0 radical (unpaired) electrons. The molecule has 5 aliphatic rings. The summed E-state index contributed by atoms with van der Waals surface area (Å²) < 4.78 is 12.9. The number of nitrogens with zero attached hydrogens (tertiary/aromatic N) is 2. The maximum absolute atomic E-state index is 13.2. The standard InChI is InChI=1S/C31H37N5O4S/c37-16-19-4-6-23(7-5-19)27-12-26(17-41-30-32-18-33-36-30)39-28(40-27)24-2-1-3-25(11-24)34-29(38)35-31-13-20-8-21(14-31)10-22(9-20)15-31/h1-7,11,18,20-22,26-28,37H,8-10,12-17H2,(H,32,33,36)(H2,34,35,38)/t20?,21?,22?,26-,27+,28+,31?/m0/s1. The largest absolute Gasteiger partial charge is 0.392 e. The monoisotopic (exact) mass is 575 g/mol. The quantitative estimate of drug-likeness (QED) is 0.253. The lowest BCUT2D eigenvalue weighted by atomic mass is 9.53. The van der Waals surface area contributed by atoms with Gasteiger partial charge in [0.15, 0.2) is 11.4 Å². The van der Waals surface area contributed by atoms with Gasteiger partial charge in [-0.2, -0.15) is 5.10 Å². The van der Waals surface area contributed by atoms with Crippen LogP contribution in [0.15, 0.2) is 60.0 Å². The van der Waals surface area contributed by atoms with Crippen LogP contribution in [0.5, 0.6) is 0 Å². The number of aliphatic hydroxyl groups excluding tert-OH is 1. The Balaban J connectivity index is 1.05. The average Bonchev–Trinajstić information content (AvgIpc) is 3.49. The fourth-order valence-corrected chi connectivity index (χ4v) is 8.69. The van der Waals surface area contributed by atoms with E-state index in [0.717, 1.165) is 64.6 Å². The second-order valence-electron chi connectivity index (χ2n) is 12.4. The number of hydrogen-bond donors (Lipinski definition) is 4. The van der Waals surface area contributed by atoms with Gasteiger partial charge in [0.1, 0.15) is 6.33 Å². The molecule has 8 rings (SSSR count). The van der Waals surface area contributed by atoms with Crippen molar-refractivity contribution >= 4 is 23.5 Å². The van der Waals surface area contributed by atoms with E-state index in [2.05, 4.69) is 25.8 Å². The van der Waals surface area contributed by atoms with Gasteiger partial charge in [-0.1, -0.05) is 48.2 Å². The number of aliphatic hydroxyl groups is 1. The Labute approximate surface area is 244 Å². The van der Waals surface area contributed by atoms with Crippen LogP contribution in [-0.4, -0.2) is 43.7 Å². The third-order valence-corrected chi connectivity index (χ3v) is 10.3. The number of H-pyrrole nitrogens is 1. The normalized spacial score (nSPS) is 32.1. The second-order valence-corrected chi connectivity index (χ2v) is 13.4. The summed E-state index contributed by atoms with van der Waals surface area (Å²) in [6.45, 7) is 0.00419. The molecule has 4 bridgehead atoms. The highest BCUT2D eigenvalue weighted by molar-refractivity contribution is 7.99. The molecule has 41 heavy (non-hydrogen) atoms. The Morgan fingerprint density at radius 1 is 1.00 bits per heavy atom. The van der Waals surface area contributed by atoms with E-state index >= 15 is 0 Å². The molecule has 4 N–H and O–H groups in total. The molecule has 2 heterocycles. The van der Waals surface area contributed by atoms with Crippen molar-refractivity contribution in [2.24, 2.45) is 17.8 Å². The fraction of sp³-hybridized carbons (Fsp3) is 0.516. The number of carbonyl (C=O) groups excluding carboxylic acids is 1. The lowest BCUT2D eigenvalue weighted by Crippen LogP contribution is -2.60. The first kappa shape index (κ1) is 26.9. The first-order chi connectivity index (χ1) is 20.0. The van der Waals surface area contributed by atoms with Gasteiger partial charge in [0.05, 0.1) is 18.8 Å². The number of thioether (sulfide) groups is 1. The summed E-state index contributed by atoms with van der Waals surface area (Å²) in [5.41, 5.74) is 3.43. The van der Waals surface area contributed by atoms with Gasteiger partial charge >= 0.3 is 6.03 Å². The molecule has 3 aromatic rings. The Kier molecular flexibility index (Phi) is 7.49. The van der Waals surface area contributed by atoms with Gasteiger partial charge in [0, 0.05) is 29.0 Å². The number of urea groups is 1. The minimum Gasteiger partial charge on any atom is -0.392 e. The number of aromatic amines is 1. The number of ether oxygens (including phenoxy) is 2. The number of hydrogen-bond acceptors (Lipinski definition) is 7. The summed E-state index contributed by atoms with van der Waals surface area (Å²) in [5, 5.41) is 23.5. The molecule has 216 valence electrons. The van der Waals surface area contributed by atoms with E-state index < -0.39 is 6.29 Å². The van der Waals surface area contributed by atoms with Gasteiger partial charge in [-0.05, 0) is 79.5 Å². The Hall–Kier alpha value is -2.92. The molecular formula is C31H37N5O4S. The third kappa shape index (κ3) is 6.02. The summed E-state index contributed by atoms with van der Waals surface area (Å²) >= 11 is 1.56. The van der Waals surface area contributed by atoms with Gasteiger partial charge in [-0.15, -0.1) is 0 Å². The van der Waals surface area contributed by atoms with Crippen LogP contribution >= 0.6 is 11.8 Å². The number of nitrogens with one attached hydrogen (secondary N) is 3. The number of rotatable bonds is 8. The summed E-state index contributed by atoms with van der Waals surface area (Å²) in [4.78, 5) is 17.4. The molecule has 1 saturated heterocycles. The molecule has 0 unspecified atom stereocenters. The number of anilines is 1. The van der Waals surface area contributed by atoms with E-state index in [1.165, 1.54) is 25.6 Å². The van der Waals surface area contributed by atoms with Crippen molar-refractivity contribution in [1.82, 2.24) is 20.5 Å². The Morgan fingerprint density at radius 3 is 2.44 bits per heavy atom. The van der Waals surface area contributed by atoms with Crippen molar-refractivity contribution in [3.63, 3.8) is 0 Å². The maximum atomic E-state index is 13.2. The minimum absolute atomic E-state index is 0.00419. The topological polar surface area (TPSA) is 121 Å². The SMILES string of the molecule is O=C(Nc1cccc([C@@H]2O[C@H](CSc3ncn[nH]3)C[C@H](c3ccc(CO)cc3)O2)c1)NC12CC3CC(CC(C3)C1)C2. The van der Waals surface area contributed by atoms with Gasteiger partial charge in [0.25, 0.3) is 0 Å². The molecule has 4 saturated carbocycles. The van der Waals surface area contributed by atoms with Crippen molar-refractivity contribution in [3.05, 3.63) is 71.5 Å². The summed E-state index contributed by atoms with van der Waals surface area (Å²) in [7, 11) is 0. The molecule has 3 atom stereocenters. The van der Waals surface area contributed by atoms with Crippen LogP contribution in [0.3, 0.4) is 0 Å². The van der Waals surface area contributed by atoms with E-state index in [0.29, 0.717) is 12.2 Å². The van der Waals surface area contributed by atoms with Gasteiger partial charge in [0.2, 0.25) is 0 Å². The van der Waals surface area contributed by atoms with Crippen molar-refractivity contribution in [3.8, 4) is 0 Å². The van der Waals surface area contributed by atoms with Gasteiger partial charge < -0.3 is 25.2 Å². The van der Waals surface area contributed by atoms with Crippen LogP contribution < -0.4 is 10.6 Å². The van der Waals surface area contributed by atoms with Gasteiger partial charge in [-0.3, -0.25) is 5.10 Å². The predicted octanol–water partition coefficient (Wildman–Crippen LogP) is 5.73. The Bertz CT molecular complexity index is 1320. The van der Waals surface area contributed by atoms with E-state index in [-0.39, 0.29) is 30.4 Å². The smallest absolute Gasteiger partial charge is 0.319 e. The maximum Gasteiger partial charge on any atom is 0.319 e. The average molecular weight is 576 g/mol. The van der Waals surface area contributed by atoms with E-state index in [1.54, 1.807) is 11.8 Å². The van der Waals surface area contributed by atoms with Crippen molar-refractivity contribution in [2.45, 2.75) is 80.7 Å². The van der Waals surface area contributed by atoms with Crippen molar-refractivity contribution in [1.29, 1.82) is 0 Å². The number of amides is 2. The molecule has 1 aliphatic heterocycles. The highest BCUT2D eigenvalue weighted by Gasteiger charge is 2.51. The van der Waals surface area contributed by atoms with E-state index in [4.69, 9.17) is 9.47 Å². The Morgan fingerprint density at radius 2 is 1.76 bits per heavy atom. The minimum atomic E-state index is -0.598. The van der Waals surface area contributed by atoms with Crippen LogP contribution in [0, 0.1) is 17.8 Å². The predicted molar refractivity (Wildman–Crippen MR) is 155 cm³/mol. The van der Waals surface area contributed by atoms with E-state index in [9.17, 15) is 9.90 Å². The molecule has 1 aromatic heterocycles. The molecule has 5 fully saturated rings. The van der Waals surface area contributed by atoms with Crippen molar-refractivity contribution in [2.75, 3.05) is 11.1 Å². The van der Waals surface area contributed by atoms with Crippen LogP contribution in [0.2, 0.25) is 0 Å². The lowest BCUT2D eigenvalue weighted by molar-refractivity contribution is -0.245. The molecule has 2 amide bonds. The molecule has 0 spiro atoms. The number of carbonyl (C=O) groups is 1. The van der Waals surface area contributed by atoms with Crippen LogP contribution in [0.25, 0.3) is 0 Å². The zero-order chi connectivity index (χ0) is 27.8. The highest BCUT2D eigenvalue weighted by Crippen LogP contribution is 2.55. The molecule has 9 nitrogen and oxygen atoms in total. The van der Waals surface area contributed by atoms with Crippen LogP contribution in [-0.2, 0) is 16.1 Å². The molecule has 4 aliphatic carbocycles. The third-order valence-electron chi connectivity index (χ3n) is 9.25. The highest BCUT2D eigenvalue weighted by atomic mass is 32.2. The summed E-state index contributed by atoms with van der Waals surface area (Å²) in [6, 6.07) is 15.5. The first-order valence-corrected chi connectivity index (χ1v) is 15.7. The molecule has 10 heteroatoms. The molecule has 2 aromatic carbocycles. The van der Waals surface area contributed by atoms with Crippen molar-refractivity contribution < 1.29 is 19.4 Å². The van der Waals surface area contributed by atoms with Crippen LogP contribution in [0.4, 0.5) is 10.5 Å². The van der Waals surface area contributed by atoms with Crippen LogP contribution in [0.1, 0.15) is 74.0 Å². The zero-order valence-electron chi connectivity index (χ0n) is 23.0. The molecular weight excluding hydrogens is 538 g/mol. The fourth-order valence-electron chi connectivity index (χ4n) is 7.89. The first-order valence-electron chi connectivity index (χ1n) is 14.7. The summed E-state index contributed by atoms with van der Waals surface area (Å²) in [5.74, 6) is 3.00. The van der Waals surface area contributed by atoms with E-state index in [1.807, 2.05) is 48.5 Å². The zero-order valence-corrected chi connectivity index (χ0v) is 23.8. The number of aromatic nitrogens is 3. The lowest BCUT2D eigenvalue weighted by Gasteiger charge is -2.56. The van der Waals surface area contributed by atoms with Gasteiger partial charge in [-0.25, -0.2) is 9.78 Å². The summed E-state index contributed by atoms with van der Waals surface area (Å²) in [6.07, 6.45) is 8.68.